The smallest absolute Gasteiger partial charge is 0.102 e. The van der Waals surface area contributed by atoms with Crippen molar-refractivity contribution in [3.05, 3.63) is 11.9 Å². The lowest BCUT2D eigenvalue weighted by Crippen LogP contribution is -2.29. The van der Waals surface area contributed by atoms with E-state index in [2.05, 4.69) is 24.2 Å². The highest BCUT2D eigenvalue weighted by molar-refractivity contribution is 5.05. The van der Waals surface area contributed by atoms with Gasteiger partial charge in [0, 0.05) is 0 Å². The third-order valence-electron chi connectivity index (χ3n) is 2.33. The summed E-state index contributed by atoms with van der Waals surface area (Å²) in [6, 6.07) is 0.406. The number of rotatable bonds is 4. The summed E-state index contributed by atoms with van der Waals surface area (Å²) in [5.74, 6) is 0. The van der Waals surface area contributed by atoms with E-state index in [4.69, 9.17) is 5.73 Å². The van der Waals surface area contributed by atoms with Gasteiger partial charge in [0.25, 0.3) is 0 Å². The molecule has 0 fully saturated rings. The van der Waals surface area contributed by atoms with E-state index >= 15 is 0 Å². The summed E-state index contributed by atoms with van der Waals surface area (Å²) in [6.07, 6.45) is 4.22. The average molecular weight is 196 g/mol. The van der Waals surface area contributed by atoms with Gasteiger partial charge in [-0.3, -0.25) is 0 Å². The van der Waals surface area contributed by atoms with Gasteiger partial charge in [0.05, 0.1) is 17.8 Å². The quantitative estimate of drug-likeness (QED) is 0.799. The summed E-state index contributed by atoms with van der Waals surface area (Å²) in [6.45, 7) is 8.18. The summed E-state index contributed by atoms with van der Waals surface area (Å²) >= 11 is 0. The predicted octanol–water partition coefficient (Wildman–Crippen LogP) is 1.83. The van der Waals surface area contributed by atoms with Crippen molar-refractivity contribution in [2.45, 2.75) is 52.1 Å². The Morgan fingerprint density at radius 1 is 1.57 bits per heavy atom. The molecule has 4 nitrogen and oxygen atoms in total. The number of hydrogen-bond donors (Lipinski definition) is 1. The standard InChI is InChI=1S/C10H20N4/c1-5-6-8(2)14-7-9(12-13-14)10(3,4)11/h7-8H,5-6,11H2,1-4H3. The van der Waals surface area contributed by atoms with Crippen LogP contribution in [0.5, 0.6) is 0 Å². The van der Waals surface area contributed by atoms with E-state index < -0.39 is 5.54 Å². The minimum Gasteiger partial charge on any atom is -0.320 e. The molecule has 0 saturated carbocycles. The minimum atomic E-state index is -0.399. The Hall–Kier alpha value is -0.900. The molecule has 0 amide bonds. The topological polar surface area (TPSA) is 56.7 Å². The normalized spacial score (nSPS) is 14.4. The van der Waals surface area contributed by atoms with Crippen LogP contribution >= 0.6 is 0 Å². The van der Waals surface area contributed by atoms with Crippen molar-refractivity contribution in [2.75, 3.05) is 0 Å². The molecule has 14 heavy (non-hydrogen) atoms. The number of aromatic nitrogens is 3. The maximum Gasteiger partial charge on any atom is 0.102 e. The molecule has 0 aromatic carbocycles. The largest absolute Gasteiger partial charge is 0.320 e. The summed E-state index contributed by atoms with van der Waals surface area (Å²) < 4.78 is 1.90. The van der Waals surface area contributed by atoms with E-state index in [1.54, 1.807) is 0 Å². The van der Waals surface area contributed by atoms with Crippen LogP contribution in [-0.2, 0) is 5.54 Å². The van der Waals surface area contributed by atoms with Gasteiger partial charge in [0.15, 0.2) is 0 Å². The van der Waals surface area contributed by atoms with Crippen molar-refractivity contribution in [1.82, 2.24) is 15.0 Å². The molecule has 0 bridgehead atoms. The monoisotopic (exact) mass is 196 g/mol. The van der Waals surface area contributed by atoms with Crippen LogP contribution in [0.15, 0.2) is 6.20 Å². The molecule has 1 aromatic heterocycles. The molecule has 0 aliphatic carbocycles. The van der Waals surface area contributed by atoms with Crippen molar-refractivity contribution in [2.24, 2.45) is 5.73 Å². The second-order valence-electron chi connectivity index (χ2n) is 4.44. The molecular weight excluding hydrogens is 176 g/mol. The van der Waals surface area contributed by atoms with Crippen LogP contribution in [0.25, 0.3) is 0 Å². The highest BCUT2D eigenvalue weighted by atomic mass is 15.4. The van der Waals surface area contributed by atoms with Crippen molar-refractivity contribution in [3.8, 4) is 0 Å². The van der Waals surface area contributed by atoms with Crippen LogP contribution in [0.4, 0.5) is 0 Å². The maximum absolute atomic E-state index is 5.93. The SMILES string of the molecule is CCCC(C)n1cc(C(C)(C)N)nn1. The molecule has 1 heterocycles. The average Bonchev–Trinajstić information content (AvgIpc) is 2.51. The van der Waals surface area contributed by atoms with Gasteiger partial charge < -0.3 is 5.73 Å². The number of nitrogens with two attached hydrogens (primary N) is 1. The first-order valence-corrected chi connectivity index (χ1v) is 5.16. The summed E-state index contributed by atoms with van der Waals surface area (Å²) in [5.41, 5.74) is 6.38. The van der Waals surface area contributed by atoms with Crippen molar-refractivity contribution >= 4 is 0 Å². The van der Waals surface area contributed by atoms with Gasteiger partial charge in [0.2, 0.25) is 0 Å². The molecule has 1 aromatic rings. The zero-order valence-corrected chi connectivity index (χ0v) is 9.49. The molecular formula is C10H20N4. The zero-order valence-electron chi connectivity index (χ0n) is 9.49. The Bertz CT molecular complexity index is 285. The second kappa shape index (κ2) is 4.09. The van der Waals surface area contributed by atoms with Gasteiger partial charge in [-0.05, 0) is 27.2 Å². The summed E-state index contributed by atoms with van der Waals surface area (Å²) in [4.78, 5) is 0. The Morgan fingerprint density at radius 2 is 2.21 bits per heavy atom. The van der Waals surface area contributed by atoms with Crippen LogP contribution in [0.1, 0.15) is 52.3 Å². The van der Waals surface area contributed by atoms with Crippen LogP contribution in [0, 0.1) is 0 Å². The highest BCUT2D eigenvalue weighted by Crippen LogP contribution is 2.16. The fourth-order valence-electron chi connectivity index (χ4n) is 1.34. The van der Waals surface area contributed by atoms with Gasteiger partial charge in [-0.2, -0.15) is 0 Å². The Morgan fingerprint density at radius 3 is 2.64 bits per heavy atom. The van der Waals surface area contributed by atoms with Crippen LogP contribution in [0.2, 0.25) is 0 Å². The van der Waals surface area contributed by atoms with E-state index in [9.17, 15) is 0 Å². The van der Waals surface area contributed by atoms with E-state index in [0.29, 0.717) is 6.04 Å². The van der Waals surface area contributed by atoms with Gasteiger partial charge >= 0.3 is 0 Å². The third-order valence-corrected chi connectivity index (χ3v) is 2.33. The lowest BCUT2D eigenvalue weighted by Gasteiger charge is -2.14. The third kappa shape index (κ3) is 2.54. The molecule has 2 N–H and O–H groups in total. The summed E-state index contributed by atoms with van der Waals surface area (Å²) in [7, 11) is 0. The Kier molecular flexibility index (Phi) is 3.26. The summed E-state index contributed by atoms with van der Waals surface area (Å²) in [5, 5.41) is 8.17. The molecule has 1 atom stereocenters. The fourth-order valence-corrected chi connectivity index (χ4v) is 1.34. The van der Waals surface area contributed by atoms with E-state index in [1.165, 1.54) is 0 Å². The lowest BCUT2D eigenvalue weighted by atomic mass is 10.0. The molecule has 0 radical (unpaired) electrons. The molecule has 4 heteroatoms. The van der Waals surface area contributed by atoms with Crippen molar-refractivity contribution in [1.29, 1.82) is 0 Å². The van der Waals surface area contributed by atoms with Crippen LogP contribution < -0.4 is 5.73 Å². The van der Waals surface area contributed by atoms with Crippen molar-refractivity contribution in [3.63, 3.8) is 0 Å². The molecule has 1 rings (SSSR count). The Balaban J connectivity index is 2.78. The fraction of sp³-hybridized carbons (Fsp3) is 0.800. The minimum absolute atomic E-state index is 0.399. The second-order valence-corrected chi connectivity index (χ2v) is 4.44. The van der Waals surface area contributed by atoms with Gasteiger partial charge in [-0.25, -0.2) is 4.68 Å². The molecule has 0 saturated heterocycles. The van der Waals surface area contributed by atoms with Crippen LogP contribution in [0.3, 0.4) is 0 Å². The number of hydrogen-bond acceptors (Lipinski definition) is 3. The predicted molar refractivity (Wildman–Crippen MR) is 56.9 cm³/mol. The first kappa shape index (κ1) is 11.2. The van der Waals surface area contributed by atoms with Crippen molar-refractivity contribution < 1.29 is 0 Å². The Labute approximate surface area is 85.5 Å². The first-order chi connectivity index (χ1) is 6.45. The first-order valence-electron chi connectivity index (χ1n) is 5.16. The lowest BCUT2D eigenvalue weighted by molar-refractivity contribution is 0.443. The number of nitrogens with zero attached hydrogens (tertiary/aromatic N) is 3. The molecule has 80 valence electrons. The molecule has 1 unspecified atom stereocenters. The molecule has 0 aliphatic heterocycles. The van der Waals surface area contributed by atoms with E-state index in [0.717, 1.165) is 18.5 Å². The van der Waals surface area contributed by atoms with Gasteiger partial charge in [-0.15, -0.1) is 5.10 Å². The maximum atomic E-state index is 5.93. The zero-order chi connectivity index (χ0) is 10.8. The van der Waals surface area contributed by atoms with Crippen LogP contribution in [-0.4, -0.2) is 15.0 Å². The van der Waals surface area contributed by atoms with E-state index in [-0.39, 0.29) is 0 Å². The van der Waals surface area contributed by atoms with Gasteiger partial charge in [0.1, 0.15) is 5.69 Å². The molecule has 0 spiro atoms. The van der Waals surface area contributed by atoms with E-state index in [1.807, 2.05) is 24.7 Å². The molecule has 0 aliphatic rings. The van der Waals surface area contributed by atoms with Gasteiger partial charge in [-0.1, -0.05) is 18.6 Å². The highest BCUT2D eigenvalue weighted by Gasteiger charge is 2.19.